The lowest BCUT2D eigenvalue weighted by Gasteiger charge is -2.43. The van der Waals surface area contributed by atoms with Crippen molar-refractivity contribution in [2.45, 2.75) is 147 Å². The Balaban J connectivity index is 1.03. The number of aromatic hydroxyl groups is 1. The standard InChI is InChI=1S/C60H64N2O/c1-58(2,3)44-23-25-48(53(63)36-44)57-59(4,5)55-49(41-14-8-6-9-15-41)37-51-46-17-11-10-16-45(46)47-24-22-43(34-50(47)54(51)56(55)62-57)52-35-42(28-33-61-52)39-20-18-38(19-21-39)40-26-31-60(32-27-40)29-12-7-13-30-60/h10-11,16-25,28,33-37,40-41,63H,6-9,12-15,26-27,29-32H2,1-5H3. The third-order valence-electron chi connectivity index (χ3n) is 16.5. The van der Waals surface area contributed by atoms with Crippen molar-refractivity contribution in [3.8, 4) is 28.1 Å². The second-order valence-electron chi connectivity index (χ2n) is 21.7. The summed E-state index contributed by atoms with van der Waals surface area (Å²) in [4.78, 5) is 10.7. The smallest absolute Gasteiger partial charge is 0.124 e. The van der Waals surface area contributed by atoms with Crippen molar-refractivity contribution in [3.05, 3.63) is 137 Å². The first-order valence-electron chi connectivity index (χ1n) is 24.4. The van der Waals surface area contributed by atoms with Gasteiger partial charge in [0.2, 0.25) is 0 Å². The van der Waals surface area contributed by atoms with E-state index in [0.29, 0.717) is 23.0 Å². The minimum absolute atomic E-state index is 0.0695. The number of aromatic nitrogens is 1. The summed E-state index contributed by atoms with van der Waals surface area (Å²) < 4.78 is 0. The molecule has 0 bridgehead atoms. The SMILES string of the molecule is CC(C)(C)c1ccc(C2=Nc3c(c(C4CCCCC4)cc4c5ccccc5c5ccc(-c6cc(-c7ccc(C8CCC9(CCCCC9)CC8)cc7)ccn6)cc5c34)C2(C)C)c(O)c1. The quantitative estimate of drug-likeness (QED) is 0.176. The van der Waals surface area contributed by atoms with Crippen molar-refractivity contribution in [3.63, 3.8) is 0 Å². The van der Waals surface area contributed by atoms with Crippen LogP contribution in [-0.2, 0) is 10.8 Å². The molecule has 4 aliphatic rings. The van der Waals surface area contributed by atoms with Crippen LogP contribution in [-0.4, -0.2) is 15.8 Å². The average Bonchev–Trinajstić information content (AvgIpc) is 3.59. The average molecular weight is 829 g/mol. The van der Waals surface area contributed by atoms with Crippen LogP contribution in [0.2, 0.25) is 0 Å². The number of pyridine rings is 1. The maximum atomic E-state index is 11.8. The van der Waals surface area contributed by atoms with Gasteiger partial charge in [0, 0.05) is 28.1 Å². The van der Waals surface area contributed by atoms with Crippen LogP contribution in [0.15, 0.2) is 114 Å². The molecule has 0 atom stereocenters. The number of nitrogens with zero attached hydrogens (tertiary/aromatic N) is 2. The number of phenolic OH excluding ortho intramolecular Hbond substituents is 1. The molecular weight excluding hydrogens is 765 g/mol. The molecule has 320 valence electrons. The minimum atomic E-state index is -0.410. The number of benzene rings is 6. The van der Waals surface area contributed by atoms with Crippen molar-refractivity contribution >= 4 is 43.7 Å². The molecule has 0 radical (unpaired) electrons. The molecule has 0 saturated heterocycles. The maximum absolute atomic E-state index is 11.8. The van der Waals surface area contributed by atoms with E-state index < -0.39 is 5.41 Å². The first-order valence-corrected chi connectivity index (χ1v) is 24.4. The molecule has 3 heteroatoms. The van der Waals surface area contributed by atoms with Crippen LogP contribution in [0, 0.1) is 5.41 Å². The second kappa shape index (κ2) is 15.5. The van der Waals surface area contributed by atoms with E-state index in [1.165, 1.54) is 150 Å². The lowest BCUT2D eigenvalue weighted by molar-refractivity contribution is 0.114. The molecule has 3 aliphatic carbocycles. The first-order chi connectivity index (χ1) is 30.5. The zero-order valence-electron chi connectivity index (χ0n) is 38.3. The van der Waals surface area contributed by atoms with Crippen LogP contribution >= 0.6 is 0 Å². The molecule has 3 saturated carbocycles. The van der Waals surface area contributed by atoms with Crippen LogP contribution in [0.3, 0.4) is 0 Å². The van der Waals surface area contributed by atoms with Gasteiger partial charge in [-0.2, -0.15) is 0 Å². The number of fused-ring (bicyclic) bond motifs is 8. The van der Waals surface area contributed by atoms with Gasteiger partial charge in [0.25, 0.3) is 0 Å². The summed E-state index contributed by atoms with van der Waals surface area (Å²) in [5.74, 6) is 1.49. The van der Waals surface area contributed by atoms with Gasteiger partial charge in [-0.05, 0) is 171 Å². The molecular formula is C60H64N2O. The van der Waals surface area contributed by atoms with Gasteiger partial charge in [0.05, 0.1) is 17.1 Å². The Bertz CT molecular complexity index is 2920. The van der Waals surface area contributed by atoms with E-state index in [-0.39, 0.29) is 5.41 Å². The highest BCUT2D eigenvalue weighted by Gasteiger charge is 2.42. The van der Waals surface area contributed by atoms with Gasteiger partial charge in [-0.25, -0.2) is 0 Å². The highest BCUT2D eigenvalue weighted by atomic mass is 16.3. The summed E-state index contributed by atoms with van der Waals surface area (Å²) in [5.41, 5.74) is 13.0. The molecule has 63 heavy (non-hydrogen) atoms. The van der Waals surface area contributed by atoms with Gasteiger partial charge in [-0.1, -0.05) is 140 Å². The van der Waals surface area contributed by atoms with Gasteiger partial charge in [-0.15, -0.1) is 0 Å². The highest BCUT2D eigenvalue weighted by molar-refractivity contribution is 6.31. The normalized spacial score (nSPS) is 19.2. The number of hydrogen-bond acceptors (Lipinski definition) is 3. The number of rotatable bonds is 5. The monoisotopic (exact) mass is 829 g/mol. The lowest BCUT2D eigenvalue weighted by Crippen LogP contribution is -2.29. The zero-order chi connectivity index (χ0) is 43.1. The van der Waals surface area contributed by atoms with Crippen molar-refractivity contribution in [2.24, 2.45) is 10.4 Å². The summed E-state index contributed by atoms with van der Waals surface area (Å²) in [7, 11) is 0. The van der Waals surface area contributed by atoms with Crippen molar-refractivity contribution in [1.82, 2.24) is 4.98 Å². The van der Waals surface area contributed by atoms with Gasteiger partial charge < -0.3 is 5.11 Å². The van der Waals surface area contributed by atoms with E-state index in [2.05, 4.69) is 132 Å². The summed E-state index contributed by atoms with van der Waals surface area (Å²) in [6.07, 6.45) is 21.0. The summed E-state index contributed by atoms with van der Waals surface area (Å²) in [6, 6.07) is 38.7. The van der Waals surface area contributed by atoms with E-state index in [1.807, 2.05) is 12.3 Å². The van der Waals surface area contributed by atoms with Crippen LogP contribution in [0.1, 0.15) is 164 Å². The fraction of sp³-hybridized carbons (Fsp3) is 0.400. The maximum Gasteiger partial charge on any atom is 0.124 e. The topological polar surface area (TPSA) is 45.5 Å². The Kier molecular flexibility index (Phi) is 9.94. The Hall–Kier alpha value is -5.28. The fourth-order valence-electron chi connectivity index (χ4n) is 12.8. The van der Waals surface area contributed by atoms with Gasteiger partial charge in [0.15, 0.2) is 0 Å². The summed E-state index contributed by atoms with van der Waals surface area (Å²) in [5, 5.41) is 19.2. The molecule has 2 heterocycles. The molecule has 0 amide bonds. The first kappa shape index (κ1) is 40.5. The van der Waals surface area contributed by atoms with E-state index in [9.17, 15) is 5.11 Å². The second-order valence-corrected chi connectivity index (χ2v) is 21.7. The van der Waals surface area contributed by atoms with E-state index in [0.717, 1.165) is 33.8 Å². The largest absolute Gasteiger partial charge is 0.507 e. The van der Waals surface area contributed by atoms with Crippen LogP contribution in [0.5, 0.6) is 5.75 Å². The fourth-order valence-corrected chi connectivity index (χ4v) is 12.8. The van der Waals surface area contributed by atoms with Crippen LogP contribution in [0.4, 0.5) is 5.69 Å². The summed E-state index contributed by atoms with van der Waals surface area (Å²) >= 11 is 0. The molecule has 11 rings (SSSR count). The minimum Gasteiger partial charge on any atom is -0.507 e. The number of phenols is 1. The third-order valence-corrected chi connectivity index (χ3v) is 16.5. The molecule has 0 unspecified atom stereocenters. The van der Waals surface area contributed by atoms with Crippen molar-refractivity contribution in [1.29, 1.82) is 0 Å². The Labute approximate surface area is 375 Å². The number of hydrogen-bond donors (Lipinski definition) is 1. The number of aliphatic imine (C=N–C) groups is 1. The third kappa shape index (κ3) is 7.00. The molecule has 7 aromatic rings. The van der Waals surface area contributed by atoms with E-state index in [1.54, 1.807) is 0 Å². The molecule has 1 aromatic heterocycles. The Morgan fingerprint density at radius 1 is 0.587 bits per heavy atom. The van der Waals surface area contributed by atoms with E-state index in [4.69, 9.17) is 9.98 Å². The molecule has 6 aromatic carbocycles. The summed E-state index contributed by atoms with van der Waals surface area (Å²) in [6.45, 7) is 11.3. The van der Waals surface area contributed by atoms with Gasteiger partial charge >= 0.3 is 0 Å². The molecule has 3 nitrogen and oxygen atoms in total. The zero-order valence-corrected chi connectivity index (χ0v) is 38.3. The Morgan fingerprint density at radius 3 is 1.97 bits per heavy atom. The van der Waals surface area contributed by atoms with Crippen molar-refractivity contribution < 1.29 is 5.11 Å². The lowest BCUT2D eigenvalue weighted by atomic mass is 9.62. The van der Waals surface area contributed by atoms with Gasteiger partial charge in [-0.3, -0.25) is 9.98 Å². The molecule has 1 spiro atoms. The van der Waals surface area contributed by atoms with Gasteiger partial charge in [0.1, 0.15) is 5.75 Å². The molecule has 1 aliphatic heterocycles. The highest BCUT2D eigenvalue weighted by Crippen LogP contribution is 2.55. The predicted molar refractivity (Wildman–Crippen MR) is 266 cm³/mol. The van der Waals surface area contributed by atoms with E-state index >= 15 is 0 Å². The van der Waals surface area contributed by atoms with Crippen LogP contribution in [0.25, 0.3) is 54.7 Å². The van der Waals surface area contributed by atoms with Crippen LogP contribution < -0.4 is 0 Å². The molecule has 3 fully saturated rings. The predicted octanol–water partition coefficient (Wildman–Crippen LogP) is 16.9. The van der Waals surface area contributed by atoms with Crippen molar-refractivity contribution in [2.75, 3.05) is 0 Å². The Morgan fingerprint density at radius 2 is 1.25 bits per heavy atom. The molecule has 1 N–H and O–H groups in total.